The molecular formula is C29H50O. The van der Waals surface area contributed by atoms with Gasteiger partial charge in [0.25, 0.3) is 0 Å². The van der Waals surface area contributed by atoms with Gasteiger partial charge in [0.2, 0.25) is 0 Å². The van der Waals surface area contributed by atoms with Gasteiger partial charge in [0.05, 0.1) is 5.60 Å². The standard InChI is InChI=1S/C29H50O/c1-7-22(20(2)3)12-11-21(4)24-15-16-25-26-14-13-23-10-8-9-17-28(23,6)29(26,30)19-18-27(24,25)5/h7,20-26,30H,1,8-19H2,2-6H3/t21-,22-,23?,24-,25+,26+,27-,28+,29-/m1/s1. The second kappa shape index (κ2) is 8.24. The Bertz CT molecular complexity index is 624. The summed E-state index contributed by atoms with van der Waals surface area (Å²) in [4.78, 5) is 0. The zero-order chi connectivity index (χ0) is 21.7. The van der Waals surface area contributed by atoms with Crippen molar-refractivity contribution in [2.75, 3.05) is 0 Å². The zero-order valence-corrected chi connectivity index (χ0v) is 20.8. The number of aliphatic hydroxyl groups is 1. The van der Waals surface area contributed by atoms with Crippen molar-refractivity contribution in [3.05, 3.63) is 12.7 Å². The van der Waals surface area contributed by atoms with Crippen molar-refractivity contribution in [2.24, 2.45) is 52.3 Å². The lowest BCUT2D eigenvalue weighted by Crippen LogP contribution is -2.65. The van der Waals surface area contributed by atoms with E-state index in [4.69, 9.17) is 0 Å². The van der Waals surface area contributed by atoms with Crippen molar-refractivity contribution < 1.29 is 5.11 Å². The summed E-state index contributed by atoms with van der Waals surface area (Å²) in [5.74, 6) is 5.11. The number of fused-ring (bicyclic) bond motifs is 5. The molecule has 172 valence electrons. The summed E-state index contributed by atoms with van der Waals surface area (Å²) in [6.45, 7) is 16.4. The summed E-state index contributed by atoms with van der Waals surface area (Å²) in [7, 11) is 0. The van der Waals surface area contributed by atoms with Crippen molar-refractivity contribution in [3.63, 3.8) is 0 Å². The van der Waals surface area contributed by atoms with Crippen LogP contribution in [0.15, 0.2) is 12.7 Å². The van der Waals surface area contributed by atoms with E-state index >= 15 is 0 Å². The smallest absolute Gasteiger partial charge is 0.0734 e. The fourth-order valence-corrected chi connectivity index (χ4v) is 9.59. The fourth-order valence-electron chi connectivity index (χ4n) is 9.59. The van der Waals surface area contributed by atoms with E-state index in [9.17, 15) is 5.11 Å². The maximum absolute atomic E-state index is 12.3. The van der Waals surface area contributed by atoms with E-state index in [1.807, 2.05) is 0 Å². The highest BCUT2D eigenvalue weighted by Crippen LogP contribution is 2.69. The molecule has 0 aromatic rings. The molecule has 0 radical (unpaired) electrons. The molecule has 0 spiro atoms. The highest BCUT2D eigenvalue weighted by atomic mass is 16.3. The lowest BCUT2D eigenvalue weighted by Gasteiger charge is -2.65. The summed E-state index contributed by atoms with van der Waals surface area (Å²) in [6, 6.07) is 0. The second-order valence-corrected chi connectivity index (χ2v) is 13.0. The third kappa shape index (κ3) is 3.36. The van der Waals surface area contributed by atoms with Gasteiger partial charge in [0, 0.05) is 0 Å². The molecule has 1 heteroatoms. The molecule has 4 fully saturated rings. The molecule has 9 atom stereocenters. The minimum atomic E-state index is -0.385. The minimum absolute atomic E-state index is 0.188. The van der Waals surface area contributed by atoms with E-state index in [-0.39, 0.29) is 11.0 Å². The third-order valence-electron chi connectivity index (χ3n) is 11.6. The first-order valence-corrected chi connectivity index (χ1v) is 13.5. The van der Waals surface area contributed by atoms with Crippen molar-refractivity contribution in [2.45, 2.75) is 117 Å². The second-order valence-electron chi connectivity index (χ2n) is 13.0. The van der Waals surface area contributed by atoms with Crippen molar-refractivity contribution in [3.8, 4) is 0 Å². The van der Waals surface area contributed by atoms with E-state index in [0.29, 0.717) is 23.2 Å². The van der Waals surface area contributed by atoms with E-state index in [0.717, 1.165) is 30.1 Å². The van der Waals surface area contributed by atoms with Crippen LogP contribution in [-0.2, 0) is 0 Å². The Morgan fingerprint density at radius 3 is 2.33 bits per heavy atom. The van der Waals surface area contributed by atoms with Crippen LogP contribution in [0.3, 0.4) is 0 Å². The van der Waals surface area contributed by atoms with Crippen LogP contribution in [0, 0.1) is 52.3 Å². The molecule has 1 unspecified atom stereocenters. The largest absolute Gasteiger partial charge is 0.389 e. The molecule has 30 heavy (non-hydrogen) atoms. The van der Waals surface area contributed by atoms with Gasteiger partial charge in [-0.05, 0) is 116 Å². The van der Waals surface area contributed by atoms with Gasteiger partial charge in [-0.1, -0.05) is 53.5 Å². The summed E-state index contributed by atoms with van der Waals surface area (Å²) in [6.07, 6.45) is 18.0. The fraction of sp³-hybridized carbons (Fsp3) is 0.931. The van der Waals surface area contributed by atoms with Crippen LogP contribution in [0.2, 0.25) is 0 Å². The maximum atomic E-state index is 12.3. The SMILES string of the molecule is C=C[C@H](CC[C@@H](C)[C@H]1CC[C@H]2[C@@H]3CCC4CCCC[C@]4(C)[C@@]3(O)CC[C@]12C)C(C)C. The Balaban J connectivity index is 1.50. The molecule has 0 aliphatic heterocycles. The maximum Gasteiger partial charge on any atom is 0.0734 e. The molecule has 4 saturated carbocycles. The summed E-state index contributed by atoms with van der Waals surface area (Å²) < 4.78 is 0. The van der Waals surface area contributed by atoms with E-state index in [1.54, 1.807) is 0 Å². The van der Waals surface area contributed by atoms with Crippen molar-refractivity contribution >= 4 is 0 Å². The van der Waals surface area contributed by atoms with Gasteiger partial charge in [-0.15, -0.1) is 6.58 Å². The highest BCUT2D eigenvalue weighted by molar-refractivity contribution is 5.16. The van der Waals surface area contributed by atoms with E-state index < -0.39 is 0 Å². The van der Waals surface area contributed by atoms with Crippen molar-refractivity contribution in [1.82, 2.24) is 0 Å². The monoisotopic (exact) mass is 414 g/mol. The van der Waals surface area contributed by atoms with E-state index in [1.165, 1.54) is 70.6 Å². The van der Waals surface area contributed by atoms with Gasteiger partial charge in [0.1, 0.15) is 0 Å². The Morgan fingerprint density at radius 2 is 1.63 bits per heavy atom. The van der Waals surface area contributed by atoms with Crippen LogP contribution >= 0.6 is 0 Å². The van der Waals surface area contributed by atoms with Crippen LogP contribution in [0.1, 0.15) is 112 Å². The number of rotatable bonds is 6. The topological polar surface area (TPSA) is 20.2 Å². The summed E-state index contributed by atoms with van der Waals surface area (Å²) >= 11 is 0. The summed E-state index contributed by atoms with van der Waals surface area (Å²) in [5.41, 5.74) is 0.257. The van der Waals surface area contributed by atoms with Crippen LogP contribution in [0.4, 0.5) is 0 Å². The van der Waals surface area contributed by atoms with Crippen LogP contribution in [0.25, 0.3) is 0 Å². The van der Waals surface area contributed by atoms with Gasteiger partial charge < -0.3 is 5.11 Å². The Hall–Kier alpha value is -0.300. The van der Waals surface area contributed by atoms with Crippen LogP contribution < -0.4 is 0 Å². The van der Waals surface area contributed by atoms with E-state index in [2.05, 4.69) is 47.3 Å². The highest BCUT2D eigenvalue weighted by Gasteiger charge is 2.66. The summed E-state index contributed by atoms with van der Waals surface area (Å²) in [5, 5.41) is 12.3. The molecule has 0 aromatic carbocycles. The predicted molar refractivity (Wildman–Crippen MR) is 128 cm³/mol. The van der Waals surface area contributed by atoms with Gasteiger partial charge in [0.15, 0.2) is 0 Å². The van der Waals surface area contributed by atoms with Gasteiger partial charge in [-0.3, -0.25) is 0 Å². The van der Waals surface area contributed by atoms with Crippen molar-refractivity contribution in [1.29, 1.82) is 0 Å². The molecule has 0 heterocycles. The minimum Gasteiger partial charge on any atom is -0.389 e. The van der Waals surface area contributed by atoms with Gasteiger partial charge in [-0.2, -0.15) is 0 Å². The molecule has 4 aliphatic rings. The number of allylic oxidation sites excluding steroid dienone is 1. The predicted octanol–water partition coefficient (Wildman–Crippen LogP) is 8.02. The normalized spacial score (nSPS) is 47.8. The van der Waals surface area contributed by atoms with Crippen LogP contribution in [-0.4, -0.2) is 10.7 Å². The Kier molecular flexibility index (Phi) is 6.28. The number of hydrogen-bond acceptors (Lipinski definition) is 1. The molecule has 4 rings (SSSR count). The quantitative estimate of drug-likeness (QED) is 0.436. The average Bonchev–Trinajstić information content (AvgIpc) is 3.06. The third-order valence-corrected chi connectivity index (χ3v) is 11.6. The van der Waals surface area contributed by atoms with Gasteiger partial charge >= 0.3 is 0 Å². The zero-order valence-electron chi connectivity index (χ0n) is 20.8. The molecule has 4 aliphatic carbocycles. The number of hydrogen-bond donors (Lipinski definition) is 1. The first kappa shape index (κ1) is 22.9. The molecule has 1 nitrogen and oxygen atoms in total. The van der Waals surface area contributed by atoms with Crippen LogP contribution in [0.5, 0.6) is 0 Å². The average molecular weight is 415 g/mol. The first-order valence-electron chi connectivity index (χ1n) is 13.5. The Morgan fingerprint density at radius 1 is 0.900 bits per heavy atom. The Labute approximate surface area is 187 Å². The molecule has 1 N–H and O–H groups in total. The molecule has 0 saturated heterocycles. The first-order chi connectivity index (χ1) is 14.2. The van der Waals surface area contributed by atoms with Gasteiger partial charge in [-0.25, -0.2) is 0 Å². The molecule has 0 amide bonds. The lowest BCUT2D eigenvalue weighted by molar-refractivity contribution is -0.235. The molecule has 0 bridgehead atoms. The molecular weight excluding hydrogens is 364 g/mol. The molecule has 0 aromatic heterocycles. The lowest BCUT2D eigenvalue weighted by atomic mass is 9.42.